The Labute approximate surface area is 187 Å². The van der Waals surface area contributed by atoms with Crippen molar-refractivity contribution < 1.29 is 27.4 Å². The standard InChI is InChI=1S/C23H24N2O6S/c1-28-20-12-10-19(14-23(20)30-3)32(26,27)25-24-15-18-9-11-21(22(13-18)29-2)31-16-17-7-5-4-6-8-17/h4-15,25H,16H2,1-3H3/b24-15+. The predicted molar refractivity (Wildman–Crippen MR) is 121 cm³/mol. The maximum absolute atomic E-state index is 12.5. The number of nitrogens with zero attached hydrogens (tertiary/aromatic N) is 1. The van der Waals surface area contributed by atoms with Crippen molar-refractivity contribution in [1.82, 2.24) is 4.83 Å². The summed E-state index contributed by atoms with van der Waals surface area (Å²) in [5, 5.41) is 3.86. The first-order valence-corrected chi connectivity index (χ1v) is 11.1. The second-order valence-corrected chi connectivity index (χ2v) is 8.22. The molecule has 0 heterocycles. The highest BCUT2D eigenvalue weighted by Gasteiger charge is 2.16. The van der Waals surface area contributed by atoms with Crippen LogP contribution in [-0.4, -0.2) is 36.0 Å². The topological polar surface area (TPSA) is 95.5 Å². The molecule has 0 bridgehead atoms. The van der Waals surface area contributed by atoms with Crippen LogP contribution in [0.4, 0.5) is 0 Å². The van der Waals surface area contributed by atoms with E-state index in [4.69, 9.17) is 18.9 Å². The number of sulfonamides is 1. The van der Waals surface area contributed by atoms with Gasteiger partial charge in [-0.2, -0.15) is 13.5 Å². The Balaban J connectivity index is 1.69. The van der Waals surface area contributed by atoms with Crippen LogP contribution >= 0.6 is 0 Å². The molecule has 3 aromatic carbocycles. The van der Waals surface area contributed by atoms with Gasteiger partial charge in [-0.1, -0.05) is 30.3 Å². The molecule has 0 saturated carbocycles. The summed E-state index contributed by atoms with van der Waals surface area (Å²) in [5.41, 5.74) is 1.66. The first kappa shape index (κ1) is 23.0. The first-order valence-electron chi connectivity index (χ1n) is 9.58. The minimum atomic E-state index is -3.89. The van der Waals surface area contributed by atoms with Gasteiger partial charge < -0.3 is 18.9 Å². The minimum Gasteiger partial charge on any atom is -0.493 e. The molecule has 0 unspecified atom stereocenters. The lowest BCUT2D eigenvalue weighted by molar-refractivity contribution is 0.284. The van der Waals surface area contributed by atoms with Gasteiger partial charge in [0.05, 0.1) is 32.4 Å². The third kappa shape index (κ3) is 5.70. The van der Waals surface area contributed by atoms with Gasteiger partial charge in [-0.05, 0) is 41.5 Å². The van der Waals surface area contributed by atoms with Gasteiger partial charge in [-0.25, -0.2) is 4.83 Å². The molecule has 1 N–H and O–H groups in total. The van der Waals surface area contributed by atoms with E-state index in [0.29, 0.717) is 35.2 Å². The van der Waals surface area contributed by atoms with Crippen LogP contribution in [0.2, 0.25) is 0 Å². The molecule has 3 rings (SSSR count). The molecule has 0 fully saturated rings. The maximum Gasteiger partial charge on any atom is 0.276 e. The number of benzene rings is 3. The number of hydrogen-bond donors (Lipinski definition) is 1. The van der Waals surface area contributed by atoms with E-state index in [9.17, 15) is 8.42 Å². The molecule has 0 aliphatic rings. The monoisotopic (exact) mass is 456 g/mol. The number of hydrogen-bond acceptors (Lipinski definition) is 7. The molecule has 0 aliphatic carbocycles. The lowest BCUT2D eigenvalue weighted by Gasteiger charge is -2.11. The van der Waals surface area contributed by atoms with Crippen molar-refractivity contribution in [2.75, 3.05) is 21.3 Å². The maximum atomic E-state index is 12.5. The van der Waals surface area contributed by atoms with Crippen molar-refractivity contribution in [3.63, 3.8) is 0 Å². The fourth-order valence-electron chi connectivity index (χ4n) is 2.83. The Morgan fingerprint density at radius 2 is 1.47 bits per heavy atom. The SMILES string of the molecule is COc1ccc(S(=O)(=O)N/N=C/c2ccc(OCc3ccccc3)c(OC)c2)cc1OC. The third-order valence-corrected chi connectivity index (χ3v) is 5.70. The number of hydrazone groups is 1. The molecule has 0 aliphatic heterocycles. The number of nitrogens with one attached hydrogen (secondary N) is 1. The van der Waals surface area contributed by atoms with Gasteiger partial charge in [0.15, 0.2) is 23.0 Å². The van der Waals surface area contributed by atoms with Crippen molar-refractivity contribution in [3.8, 4) is 23.0 Å². The van der Waals surface area contributed by atoms with Crippen LogP contribution in [0.5, 0.6) is 23.0 Å². The summed E-state index contributed by atoms with van der Waals surface area (Å²) in [6.45, 7) is 0.399. The molecule has 3 aromatic rings. The van der Waals surface area contributed by atoms with Gasteiger partial charge in [-0.15, -0.1) is 0 Å². The summed E-state index contributed by atoms with van der Waals surface area (Å²) in [6.07, 6.45) is 1.38. The van der Waals surface area contributed by atoms with E-state index in [2.05, 4.69) is 9.93 Å². The molecule has 8 nitrogen and oxygen atoms in total. The van der Waals surface area contributed by atoms with Crippen molar-refractivity contribution in [3.05, 3.63) is 77.9 Å². The Morgan fingerprint density at radius 1 is 0.812 bits per heavy atom. The van der Waals surface area contributed by atoms with E-state index in [1.165, 1.54) is 45.7 Å². The van der Waals surface area contributed by atoms with Crippen molar-refractivity contribution in [1.29, 1.82) is 0 Å². The van der Waals surface area contributed by atoms with Gasteiger partial charge in [0.1, 0.15) is 6.61 Å². The molecule has 0 saturated heterocycles. The zero-order valence-electron chi connectivity index (χ0n) is 17.9. The molecule has 0 radical (unpaired) electrons. The largest absolute Gasteiger partial charge is 0.493 e. The highest BCUT2D eigenvalue weighted by molar-refractivity contribution is 7.89. The van der Waals surface area contributed by atoms with Crippen LogP contribution in [0.25, 0.3) is 0 Å². The van der Waals surface area contributed by atoms with E-state index >= 15 is 0 Å². The summed E-state index contributed by atoms with van der Waals surface area (Å²) in [6, 6.07) is 19.2. The zero-order chi connectivity index (χ0) is 23.0. The number of ether oxygens (including phenoxy) is 4. The fraction of sp³-hybridized carbons (Fsp3) is 0.174. The van der Waals surface area contributed by atoms with Crippen LogP contribution in [0.3, 0.4) is 0 Å². The highest BCUT2D eigenvalue weighted by Crippen LogP contribution is 2.30. The van der Waals surface area contributed by atoms with Crippen LogP contribution in [0, 0.1) is 0 Å². The molecule has 0 spiro atoms. The van der Waals surface area contributed by atoms with Gasteiger partial charge in [-0.3, -0.25) is 0 Å². The van der Waals surface area contributed by atoms with E-state index in [1.807, 2.05) is 30.3 Å². The summed E-state index contributed by atoms with van der Waals surface area (Å²) in [4.78, 5) is 2.18. The Kier molecular flexibility index (Phi) is 7.56. The second-order valence-electron chi connectivity index (χ2n) is 6.55. The Hall–Kier alpha value is -3.72. The first-order chi connectivity index (χ1) is 15.5. The van der Waals surface area contributed by atoms with E-state index < -0.39 is 10.0 Å². The average Bonchev–Trinajstić information content (AvgIpc) is 2.83. The number of methoxy groups -OCH3 is 3. The van der Waals surface area contributed by atoms with E-state index in [0.717, 1.165) is 5.56 Å². The molecule has 9 heteroatoms. The Morgan fingerprint density at radius 3 is 2.16 bits per heavy atom. The van der Waals surface area contributed by atoms with Crippen molar-refractivity contribution >= 4 is 16.2 Å². The highest BCUT2D eigenvalue weighted by atomic mass is 32.2. The lowest BCUT2D eigenvalue weighted by atomic mass is 10.2. The van der Waals surface area contributed by atoms with Crippen LogP contribution in [0.15, 0.2) is 76.7 Å². The van der Waals surface area contributed by atoms with Gasteiger partial charge in [0, 0.05) is 6.07 Å². The summed E-state index contributed by atoms with van der Waals surface area (Å²) >= 11 is 0. The molecule has 32 heavy (non-hydrogen) atoms. The Bertz CT molecular complexity index is 1180. The second kappa shape index (κ2) is 10.5. The molecule has 0 aromatic heterocycles. The molecular weight excluding hydrogens is 432 g/mol. The van der Waals surface area contributed by atoms with Crippen LogP contribution in [0.1, 0.15) is 11.1 Å². The van der Waals surface area contributed by atoms with Gasteiger partial charge in [0.2, 0.25) is 0 Å². The van der Waals surface area contributed by atoms with Gasteiger partial charge >= 0.3 is 0 Å². The molecule has 0 atom stereocenters. The molecule has 168 valence electrons. The summed E-state index contributed by atoms with van der Waals surface area (Å²) in [7, 11) is 0.547. The van der Waals surface area contributed by atoms with Crippen molar-refractivity contribution in [2.45, 2.75) is 11.5 Å². The lowest BCUT2D eigenvalue weighted by Crippen LogP contribution is -2.18. The average molecular weight is 457 g/mol. The van der Waals surface area contributed by atoms with Gasteiger partial charge in [0.25, 0.3) is 10.0 Å². The fourth-order valence-corrected chi connectivity index (χ4v) is 3.63. The van der Waals surface area contributed by atoms with E-state index in [-0.39, 0.29) is 4.90 Å². The third-order valence-electron chi connectivity index (χ3n) is 4.48. The number of rotatable bonds is 10. The predicted octanol–water partition coefficient (Wildman–Crippen LogP) is 3.60. The van der Waals surface area contributed by atoms with Crippen molar-refractivity contribution in [2.24, 2.45) is 5.10 Å². The molecule has 0 amide bonds. The van der Waals surface area contributed by atoms with Crippen LogP contribution < -0.4 is 23.8 Å². The normalized spacial score (nSPS) is 11.2. The summed E-state index contributed by atoms with van der Waals surface area (Å²) < 4.78 is 46.5. The van der Waals surface area contributed by atoms with Crippen LogP contribution in [-0.2, 0) is 16.6 Å². The summed E-state index contributed by atoms with van der Waals surface area (Å²) in [5.74, 6) is 1.80. The minimum absolute atomic E-state index is 0.00506. The quantitative estimate of drug-likeness (QED) is 0.370. The smallest absolute Gasteiger partial charge is 0.276 e. The van der Waals surface area contributed by atoms with E-state index in [1.54, 1.807) is 18.2 Å². The molecular formula is C23H24N2O6S. The zero-order valence-corrected chi connectivity index (χ0v) is 18.8.